The number of hydrogen-bond acceptors (Lipinski definition) is 8. The van der Waals surface area contributed by atoms with Crippen LogP contribution in [0.25, 0.3) is 0 Å². The molecule has 1 aromatic heterocycles. The maximum atomic E-state index is 13.0. The Hall–Kier alpha value is -3.75. The molecule has 0 bridgehead atoms. The van der Waals surface area contributed by atoms with Gasteiger partial charge >= 0.3 is 0 Å². The number of anilines is 3. The Balaban J connectivity index is 1.21. The molecule has 0 atom stereocenters. The van der Waals surface area contributed by atoms with Crippen LogP contribution in [0.15, 0.2) is 53.6 Å². The number of hydrazone groups is 1. The monoisotopic (exact) mass is 461 g/mol. The van der Waals surface area contributed by atoms with Gasteiger partial charge in [-0.15, -0.1) is 0 Å². The van der Waals surface area contributed by atoms with E-state index >= 15 is 0 Å². The summed E-state index contributed by atoms with van der Waals surface area (Å²) in [6.07, 6.45) is 6.37. The molecule has 2 fully saturated rings. The van der Waals surface area contributed by atoms with Gasteiger partial charge in [-0.3, -0.25) is 0 Å². The molecule has 176 valence electrons. The highest BCUT2D eigenvalue weighted by atomic mass is 19.1. The van der Waals surface area contributed by atoms with Crippen molar-refractivity contribution in [2.24, 2.45) is 5.10 Å². The van der Waals surface area contributed by atoms with Crippen LogP contribution in [0.3, 0.4) is 0 Å². The molecule has 0 radical (unpaired) electrons. The summed E-state index contributed by atoms with van der Waals surface area (Å²) in [4.78, 5) is 18.3. The lowest BCUT2D eigenvalue weighted by Gasteiger charge is -2.20. The second-order valence-corrected chi connectivity index (χ2v) is 8.50. The Labute approximate surface area is 198 Å². The van der Waals surface area contributed by atoms with E-state index in [1.165, 1.54) is 12.1 Å². The highest BCUT2D eigenvalue weighted by Crippen LogP contribution is 2.23. The van der Waals surface area contributed by atoms with Crippen LogP contribution in [0.5, 0.6) is 5.75 Å². The van der Waals surface area contributed by atoms with E-state index in [-0.39, 0.29) is 5.82 Å². The number of benzene rings is 2. The molecule has 2 aliphatic heterocycles. The minimum Gasteiger partial charge on any atom is -0.489 e. The molecule has 1 N–H and O–H groups in total. The van der Waals surface area contributed by atoms with Crippen molar-refractivity contribution in [2.45, 2.75) is 32.3 Å². The maximum absolute atomic E-state index is 13.0. The van der Waals surface area contributed by atoms with Crippen molar-refractivity contribution in [2.75, 3.05) is 41.4 Å². The predicted molar refractivity (Wildman–Crippen MR) is 131 cm³/mol. The molecule has 34 heavy (non-hydrogen) atoms. The summed E-state index contributed by atoms with van der Waals surface area (Å²) in [5.74, 6) is 2.37. The number of ether oxygens (including phenoxy) is 1. The second kappa shape index (κ2) is 10.5. The van der Waals surface area contributed by atoms with E-state index < -0.39 is 0 Å². The molecule has 0 saturated carbocycles. The van der Waals surface area contributed by atoms with Crippen LogP contribution in [0.1, 0.15) is 36.8 Å². The van der Waals surface area contributed by atoms with Crippen molar-refractivity contribution in [3.63, 3.8) is 0 Å². The molecule has 5 rings (SSSR count). The Morgan fingerprint density at radius 1 is 0.824 bits per heavy atom. The fraction of sp³-hybridized carbons (Fsp3) is 0.360. The Morgan fingerprint density at radius 3 is 2.00 bits per heavy atom. The molecule has 3 aromatic rings. The number of halogens is 1. The number of hydrogen-bond donors (Lipinski definition) is 1. The Morgan fingerprint density at radius 2 is 1.41 bits per heavy atom. The number of rotatable bonds is 8. The molecule has 9 heteroatoms. The van der Waals surface area contributed by atoms with Crippen molar-refractivity contribution >= 4 is 24.1 Å². The number of aromatic nitrogens is 3. The quantitative estimate of drug-likeness (QED) is 0.397. The summed E-state index contributed by atoms with van der Waals surface area (Å²) >= 11 is 0. The zero-order valence-corrected chi connectivity index (χ0v) is 19.0. The molecule has 2 aliphatic rings. The summed E-state index contributed by atoms with van der Waals surface area (Å²) in [6.45, 7) is 4.28. The zero-order valence-electron chi connectivity index (χ0n) is 19.0. The average Bonchev–Trinajstić information content (AvgIpc) is 3.59. The van der Waals surface area contributed by atoms with Gasteiger partial charge in [-0.05, 0) is 73.2 Å². The maximum Gasteiger partial charge on any atom is 0.250 e. The highest BCUT2D eigenvalue weighted by molar-refractivity contribution is 5.80. The fourth-order valence-corrected chi connectivity index (χ4v) is 4.08. The SMILES string of the molecule is Fc1ccc(COc2ccc(/C=N/Nc3nc(N4CCCC4)nc(N4CCCC4)n3)cc2)cc1. The van der Waals surface area contributed by atoms with Gasteiger partial charge in [0.25, 0.3) is 0 Å². The van der Waals surface area contributed by atoms with Crippen LogP contribution < -0.4 is 20.0 Å². The molecule has 0 amide bonds. The van der Waals surface area contributed by atoms with E-state index in [1.54, 1.807) is 18.3 Å². The first-order chi connectivity index (χ1) is 16.7. The minimum atomic E-state index is -0.252. The molecule has 0 spiro atoms. The normalized spacial score (nSPS) is 15.9. The standard InChI is InChI=1S/C25H28FN7O/c26-21-9-5-20(6-10-21)18-34-22-11-7-19(8-12-22)17-27-31-23-28-24(32-13-1-2-14-32)30-25(29-23)33-15-3-4-16-33/h5-12,17H,1-4,13-16,18H2,(H,28,29,30,31)/b27-17+. The molecule has 2 saturated heterocycles. The lowest BCUT2D eigenvalue weighted by Crippen LogP contribution is -2.25. The van der Waals surface area contributed by atoms with E-state index in [1.807, 2.05) is 24.3 Å². The molecular weight excluding hydrogens is 433 g/mol. The summed E-state index contributed by atoms with van der Waals surface area (Å²) < 4.78 is 18.8. The van der Waals surface area contributed by atoms with Crippen LogP contribution in [-0.2, 0) is 6.61 Å². The van der Waals surface area contributed by atoms with Crippen LogP contribution in [-0.4, -0.2) is 47.3 Å². The van der Waals surface area contributed by atoms with Crippen molar-refractivity contribution in [1.82, 2.24) is 15.0 Å². The van der Waals surface area contributed by atoms with Gasteiger partial charge in [-0.25, -0.2) is 9.82 Å². The fourth-order valence-electron chi connectivity index (χ4n) is 4.08. The first-order valence-electron chi connectivity index (χ1n) is 11.8. The smallest absolute Gasteiger partial charge is 0.250 e. The van der Waals surface area contributed by atoms with Crippen LogP contribution in [0.2, 0.25) is 0 Å². The van der Waals surface area contributed by atoms with Gasteiger partial charge in [-0.1, -0.05) is 12.1 Å². The van der Waals surface area contributed by atoms with Crippen LogP contribution >= 0.6 is 0 Å². The molecule has 3 heterocycles. The lowest BCUT2D eigenvalue weighted by molar-refractivity contribution is 0.306. The average molecular weight is 462 g/mol. The minimum absolute atomic E-state index is 0.252. The molecule has 0 unspecified atom stereocenters. The third-order valence-corrected chi connectivity index (χ3v) is 5.97. The van der Waals surface area contributed by atoms with E-state index in [0.717, 1.165) is 80.6 Å². The van der Waals surface area contributed by atoms with Crippen molar-refractivity contribution in [1.29, 1.82) is 0 Å². The van der Waals surface area contributed by atoms with Gasteiger partial charge in [0, 0.05) is 26.2 Å². The van der Waals surface area contributed by atoms with Gasteiger partial charge < -0.3 is 14.5 Å². The van der Waals surface area contributed by atoms with Gasteiger partial charge in [-0.2, -0.15) is 20.1 Å². The summed E-state index contributed by atoms with van der Waals surface area (Å²) in [7, 11) is 0. The lowest BCUT2D eigenvalue weighted by atomic mass is 10.2. The first-order valence-corrected chi connectivity index (χ1v) is 11.8. The molecule has 2 aromatic carbocycles. The van der Waals surface area contributed by atoms with Gasteiger partial charge in [0.1, 0.15) is 18.2 Å². The van der Waals surface area contributed by atoms with E-state index in [9.17, 15) is 4.39 Å². The predicted octanol–water partition coefficient (Wildman–Crippen LogP) is 4.24. The summed E-state index contributed by atoms with van der Waals surface area (Å²) in [5.41, 5.74) is 4.80. The summed E-state index contributed by atoms with van der Waals surface area (Å²) in [6, 6.07) is 13.9. The largest absolute Gasteiger partial charge is 0.489 e. The third kappa shape index (κ3) is 5.59. The molecule has 8 nitrogen and oxygen atoms in total. The van der Waals surface area contributed by atoms with E-state index in [0.29, 0.717) is 12.6 Å². The van der Waals surface area contributed by atoms with Crippen LogP contribution in [0.4, 0.5) is 22.2 Å². The number of nitrogens with one attached hydrogen (secondary N) is 1. The third-order valence-electron chi connectivity index (χ3n) is 5.97. The highest BCUT2D eigenvalue weighted by Gasteiger charge is 2.21. The topological polar surface area (TPSA) is 78.8 Å². The van der Waals surface area contributed by atoms with Gasteiger partial charge in [0.2, 0.25) is 17.8 Å². The van der Waals surface area contributed by atoms with Crippen molar-refractivity contribution in [3.05, 3.63) is 65.5 Å². The van der Waals surface area contributed by atoms with Gasteiger partial charge in [0.05, 0.1) is 6.21 Å². The summed E-state index contributed by atoms with van der Waals surface area (Å²) in [5, 5.41) is 4.34. The van der Waals surface area contributed by atoms with E-state index in [2.05, 4.69) is 30.3 Å². The van der Waals surface area contributed by atoms with Crippen LogP contribution in [0, 0.1) is 5.82 Å². The van der Waals surface area contributed by atoms with Crippen molar-refractivity contribution in [3.8, 4) is 5.75 Å². The van der Waals surface area contributed by atoms with Gasteiger partial charge in [0.15, 0.2) is 0 Å². The number of nitrogens with zero attached hydrogens (tertiary/aromatic N) is 6. The molecular formula is C25H28FN7O. The Kier molecular flexibility index (Phi) is 6.78. The Bertz CT molecular complexity index is 1070. The van der Waals surface area contributed by atoms with E-state index in [4.69, 9.17) is 9.72 Å². The molecule has 0 aliphatic carbocycles. The first kappa shape index (κ1) is 22.1. The zero-order chi connectivity index (χ0) is 23.2. The second-order valence-electron chi connectivity index (χ2n) is 8.50. The van der Waals surface area contributed by atoms with Crippen molar-refractivity contribution < 1.29 is 9.13 Å².